The van der Waals surface area contributed by atoms with Crippen molar-refractivity contribution in [3.8, 4) is 5.75 Å². The van der Waals surface area contributed by atoms with Crippen LogP contribution < -0.4 is 4.74 Å². The first-order valence-corrected chi connectivity index (χ1v) is 4.29. The van der Waals surface area contributed by atoms with Crippen molar-refractivity contribution in [3.05, 3.63) is 21.5 Å². The minimum absolute atomic E-state index is 0.0319. The lowest BCUT2D eigenvalue weighted by Gasteiger charge is -2.08. The zero-order valence-electron chi connectivity index (χ0n) is 6.52. The van der Waals surface area contributed by atoms with Crippen LogP contribution in [0.5, 0.6) is 5.75 Å². The van der Waals surface area contributed by atoms with Gasteiger partial charge in [0.2, 0.25) is 0 Å². The maximum absolute atomic E-state index is 12.2. The summed E-state index contributed by atoms with van der Waals surface area (Å²) in [6, 6.07) is 1.29. The molecule has 0 aromatic carbocycles. The molecule has 1 aromatic heterocycles. The van der Waals surface area contributed by atoms with Gasteiger partial charge in [-0.2, -0.15) is 13.2 Å². The van der Waals surface area contributed by atoms with Gasteiger partial charge in [-0.05, 0) is 28.7 Å². The van der Waals surface area contributed by atoms with Crippen molar-refractivity contribution < 1.29 is 17.9 Å². The molecule has 13 heavy (non-hydrogen) atoms. The summed E-state index contributed by atoms with van der Waals surface area (Å²) in [6.07, 6.45) is -3.35. The molecule has 0 saturated heterocycles. The van der Waals surface area contributed by atoms with Crippen molar-refractivity contribution in [2.45, 2.75) is 6.18 Å². The summed E-state index contributed by atoms with van der Waals surface area (Å²) in [5.74, 6) is 0.317. The van der Waals surface area contributed by atoms with E-state index in [1.807, 2.05) is 0 Å². The van der Waals surface area contributed by atoms with E-state index in [0.29, 0.717) is 5.75 Å². The third-order valence-corrected chi connectivity index (χ3v) is 2.14. The first kappa shape index (κ1) is 10.6. The molecule has 0 radical (unpaired) electrons. The Balaban J connectivity index is 3.13. The van der Waals surface area contributed by atoms with Crippen LogP contribution in [-0.4, -0.2) is 12.1 Å². The first-order chi connectivity index (χ1) is 5.95. The molecule has 1 heterocycles. The first-order valence-electron chi connectivity index (χ1n) is 3.22. The van der Waals surface area contributed by atoms with Gasteiger partial charge in [0, 0.05) is 3.57 Å². The van der Waals surface area contributed by atoms with Crippen LogP contribution in [0.4, 0.5) is 13.2 Å². The zero-order chi connectivity index (χ0) is 10.1. The third-order valence-electron chi connectivity index (χ3n) is 1.32. The maximum Gasteiger partial charge on any atom is 0.434 e. The van der Waals surface area contributed by atoms with E-state index >= 15 is 0 Å². The summed E-state index contributed by atoms with van der Waals surface area (Å²) in [5.41, 5.74) is -0.881. The van der Waals surface area contributed by atoms with Crippen LogP contribution in [0, 0.1) is 3.57 Å². The van der Waals surface area contributed by atoms with Crippen LogP contribution in [0.3, 0.4) is 0 Å². The van der Waals surface area contributed by atoms with Gasteiger partial charge in [0.05, 0.1) is 13.3 Å². The Labute approximate surface area is 86.3 Å². The molecule has 0 aliphatic carbocycles. The van der Waals surface area contributed by atoms with Gasteiger partial charge in [-0.15, -0.1) is 0 Å². The van der Waals surface area contributed by atoms with Crippen LogP contribution in [-0.2, 0) is 6.18 Å². The fourth-order valence-corrected chi connectivity index (χ4v) is 1.49. The number of alkyl halides is 3. The average Bonchev–Trinajstić information content (AvgIpc) is 2.01. The van der Waals surface area contributed by atoms with Gasteiger partial charge in [-0.3, -0.25) is 0 Å². The summed E-state index contributed by atoms with van der Waals surface area (Å²) >= 11 is 1.57. The molecule has 0 N–H and O–H groups in total. The number of hydrogen-bond donors (Lipinski definition) is 0. The quantitative estimate of drug-likeness (QED) is 0.744. The minimum atomic E-state index is -4.40. The van der Waals surface area contributed by atoms with Gasteiger partial charge in [-0.1, -0.05) is 0 Å². The lowest BCUT2D eigenvalue weighted by molar-refractivity contribution is -0.141. The Morgan fingerprint density at radius 3 is 2.46 bits per heavy atom. The van der Waals surface area contributed by atoms with Crippen molar-refractivity contribution >= 4 is 22.6 Å². The van der Waals surface area contributed by atoms with E-state index < -0.39 is 11.9 Å². The Kier molecular flexibility index (Phi) is 2.99. The highest BCUT2D eigenvalue weighted by atomic mass is 127. The summed E-state index contributed by atoms with van der Waals surface area (Å²) in [4.78, 5) is 3.26. The average molecular weight is 303 g/mol. The number of ether oxygens (including phenoxy) is 1. The van der Waals surface area contributed by atoms with E-state index in [0.717, 1.165) is 6.20 Å². The van der Waals surface area contributed by atoms with E-state index in [-0.39, 0.29) is 3.57 Å². The molecule has 1 rings (SSSR count). The second-order valence-corrected chi connectivity index (χ2v) is 3.37. The predicted octanol–water partition coefficient (Wildman–Crippen LogP) is 2.71. The van der Waals surface area contributed by atoms with Gasteiger partial charge >= 0.3 is 6.18 Å². The molecule has 6 heteroatoms. The van der Waals surface area contributed by atoms with E-state index in [9.17, 15) is 13.2 Å². The molecule has 1 aromatic rings. The Morgan fingerprint density at radius 2 is 2.08 bits per heavy atom. The molecule has 72 valence electrons. The molecule has 0 spiro atoms. The van der Waals surface area contributed by atoms with Crippen LogP contribution >= 0.6 is 22.6 Å². The molecule has 2 nitrogen and oxygen atoms in total. The smallest absolute Gasteiger partial charge is 0.434 e. The monoisotopic (exact) mass is 303 g/mol. The standard InChI is InChI=1S/C7H5F3INO/c1-13-4-2-5(11)6(12-3-4)7(8,9)10/h2-3H,1H3. The molecule has 0 atom stereocenters. The molecule has 0 amide bonds. The fraction of sp³-hybridized carbons (Fsp3) is 0.286. The normalized spacial score (nSPS) is 11.5. The van der Waals surface area contributed by atoms with E-state index in [1.165, 1.54) is 13.2 Å². The summed E-state index contributed by atoms with van der Waals surface area (Å²) < 4.78 is 41.3. The minimum Gasteiger partial charge on any atom is -0.495 e. The SMILES string of the molecule is COc1cnc(C(F)(F)F)c(I)c1. The molecular weight excluding hydrogens is 298 g/mol. The Morgan fingerprint density at radius 1 is 1.46 bits per heavy atom. The second kappa shape index (κ2) is 3.69. The van der Waals surface area contributed by atoms with Gasteiger partial charge in [0.1, 0.15) is 5.75 Å². The van der Waals surface area contributed by atoms with Crippen molar-refractivity contribution in [1.82, 2.24) is 4.98 Å². The molecular formula is C7H5F3INO. The Bertz CT molecular complexity index is 313. The molecule has 0 fully saturated rings. The number of methoxy groups -OCH3 is 1. The number of pyridine rings is 1. The van der Waals surface area contributed by atoms with E-state index in [4.69, 9.17) is 4.74 Å². The molecule has 0 aliphatic rings. The van der Waals surface area contributed by atoms with Crippen molar-refractivity contribution in [3.63, 3.8) is 0 Å². The van der Waals surface area contributed by atoms with Crippen molar-refractivity contribution in [1.29, 1.82) is 0 Å². The number of aromatic nitrogens is 1. The molecule has 0 aliphatic heterocycles. The topological polar surface area (TPSA) is 22.1 Å². The highest BCUT2D eigenvalue weighted by Crippen LogP contribution is 2.32. The van der Waals surface area contributed by atoms with E-state index in [2.05, 4.69) is 4.98 Å². The Hall–Kier alpha value is -0.530. The largest absolute Gasteiger partial charge is 0.495 e. The number of nitrogens with zero attached hydrogens (tertiary/aromatic N) is 1. The molecule has 0 bridgehead atoms. The summed E-state index contributed by atoms with van der Waals surface area (Å²) in [7, 11) is 1.38. The lowest BCUT2D eigenvalue weighted by Crippen LogP contribution is -2.10. The predicted molar refractivity (Wildman–Crippen MR) is 48.5 cm³/mol. The van der Waals surface area contributed by atoms with Crippen LogP contribution in [0.25, 0.3) is 0 Å². The van der Waals surface area contributed by atoms with Gasteiger partial charge in [-0.25, -0.2) is 4.98 Å². The molecule has 0 unspecified atom stereocenters. The number of halogens is 4. The number of hydrogen-bond acceptors (Lipinski definition) is 2. The zero-order valence-corrected chi connectivity index (χ0v) is 8.68. The molecule has 0 saturated carbocycles. The van der Waals surface area contributed by atoms with Crippen LogP contribution in [0.1, 0.15) is 5.69 Å². The van der Waals surface area contributed by atoms with Crippen molar-refractivity contribution in [2.24, 2.45) is 0 Å². The third kappa shape index (κ3) is 2.45. The number of rotatable bonds is 1. The van der Waals surface area contributed by atoms with Crippen LogP contribution in [0.15, 0.2) is 12.3 Å². The second-order valence-electron chi connectivity index (χ2n) is 2.20. The summed E-state index contributed by atoms with van der Waals surface area (Å²) in [6.45, 7) is 0. The summed E-state index contributed by atoms with van der Waals surface area (Å²) in [5, 5.41) is 0. The van der Waals surface area contributed by atoms with Gasteiger partial charge < -0.3 is 4.74 Å². The maximum atomic E-state index is 12.2. The van der Waals surface area contributed by atoms with Crippen molar-refractivity contribution in [2.75, 3.05) is 7.11 Å². The van der Waals surface area contributed by atoms with Gasteiger partial charge in [0.25, 0.3) is 0 Å². The highest BCUT2D eigenvalue weighted by Gasteiger charge is 2.34. The van der Waals surface area contributed by atoms with E-state index in [1.54, 1.807) is 22.6 Å². The fourth-order valence-electron chi connectivity index (χ4n) is 0.741. The lowest BCUT2D eigenvalue weighted by atomic mass is 10.3. The van der Waals surface area contributed by atoms with Gasteiger partial charge in [0.15, 0.2) is 5.69 Å². The highest BCUT2D eigenvalue weighted by molar-refractivity contribution is 14.1. The van der Waals surface area contributed by atoms with Crippen LogP contribution in [0.2, 0.25) is 0 Å².